The smallest absolute Gasteiger partial charge is 0.243 e. The van der Waals surface area contributed by atoms with Gasteiger partial charge in [0.15, 0.2) is 0 Å². The number of benzene rings is 2. The van der Waals surface area contributed by atoms with Gasteiger partial charge < -0.3 is 5.32 Å². The standard InChI is InChI=1S/C22H27ClN2O3S/c1-16(2)15-20(17-7-4-3-5-8-17)24-22(26)21-9-6-14-25(21)29(27,28)19-12-10-18(23)11-13-19/h3-5,7-8,10-13,16,20-21H,6,9,14-15H2,1-2H3,(H,24,26). The van der Waals surface area contributed by atoms with Gasteiger partial charge in [0, 0.05) is 11.6 Å². The van der Waals surface area contributed by atoms with Crippen LogP contribution in [0.1, 0.15) is 44.7 Å². The summed E-state index contributed by atoms with van der Waals surface area (Å²) in [5.74, 6) is 0.146. The van der Waals surface area contributed by atoms with Crippen LogP contribution in [0.2, 0.25) is 5.02 Å². The lowest BCUT2D eigenvalue weighted by molar-refractivity contribution is -0.125. The van der Waals surface area contributed by atoms with E-state index in [0.717, 1.165) is 12.0 Å². The molecular weight excluding hydrogens is 408 g/mol. The van der Waals surface area contributed by atoms with Gasteiger partial charge in [0.05, 0.1) is 10.9 Å². The highest BCUT2D eigenvalue weighted by molar-refractivity contribution is 7.89. The van der Waals surface area contributed by atoms with Crippen molar-refractivity contribution in [1.29, 1.82) is 0 Å². The number of halogens is 1. The van der Waals surface area contributed by atoms with Crippen LogP contribution in [0.15, 0.2) is 59.5 Å². The van der Waals surface area contributed by atoms with Crippen LogP contribution in [0, 0.1) is 5.92 Å². The van der Waals surface area contributed by atoms with E-state index < -0.39 is 16.1 Å². The Labute approximate surface area is 178 Å². The fourth-order valence-electron chi connectivity index (χ4n) is 3.73. The number of hydrogen-bond acceptors (Lipinski definition) is 3. The summed E-state index contributed by atoms with van der Waals surface area (Å²) in [7, 11) is -3.76. The molecule has 3 rings (SSSR count). The second-order valence-corrected chi connectivity index (χ2v) is 10.2. The molecule has 2 aromatic carbocycles. The lowest BCUT2D eigenvalue weighted by Crippen LogP contribution is -2.46. The lowest BCUT2D eigenvalue weighted by Gasteiger charge is -2.27. The molecule has 1 N–H and O–H groups in total. The summed E-state index contributed by atoms with van der Waals surface area (Å²) in [4.78, 5) is 13.3. The molecule has 1 aliphatic rings. The second-order valence-electron chi connectivity index (χ2n) is 7.83. The van der Waals surface area contributed by atoms with Crippen molar-refractivity contribution < 1.29 is 13.2 Å². The third-order valence-corrected chi connectivity index (χ3v) is 7.33. The Morgan fingerprint density at radius 2 is 1.79 bits per heavy atom. The minimum absolute atomic E-state index is 0.149. The molecule has 2 aromatic rings. The first-order chi connectivity index (χ1) is 13.8. The Morgan fingerprint density at radius 1 is 1.14 bits per heavy atom. The molecule has 1 fully saturated rings. The van der Waals surface area contributed by atoms with Crippen LogP contribution in [0.25, 0.3) is 0 Å². The molecule has 0 aliphatic carbocycles. The Hall–Kier alpha value is -1.89. The normalized spacial score (nSPS) is 18.7. The van der Waals surface area contributed by atoms with E-state index in [1.807, 2.05) is 30.3 Å². The summed E-state index contributed by atoms with van der Waals surface area (Å²) in [5, 5.41) is 3.57. The maximum Gasteiger partial charge on any atom is 0.243 e. The van der Waals surface area contributed by atoms with Gasteiger partial charge in [-0.3, -0.25) is 4.79 Å². The molecule has 1 saturated heterocycles. The van der Waals surface area contributed by atoms with Crippen molar-refractivity contribution in [3.05, 3.63) is 65.2 Å². The van der Waals surface area contributed by atoms with Gasteiger partial charge in [-0.05, 0) is 55.0 Å². The van der Waals surface area contributed by atoms with Crippen molar-refractivity contribution in [2.75, 3.05) is 6.54 Å². The average molecular weight is 435 g/mol. The first-order valence-corrected chi connectivity index (χ1v) is 11.7. The first kappa shape index (κ1) is 21.8. The van der Waals surface area contributed by atoms with E-state index in [2.05, 4.69) is 19.2 Å². The predicted molar refractivity (Wildman–Crippen MR) is 115 cm³/mol. The van der Waals surface area contributed by atoms with E-state index in [9.17, 15) is 13.2 Å². The van der Waals surface area contributed by atoms with Crippen LogP contribution >= 0.6 is 11.6 Å². The molecule has 0 aromatic heterocycles. The van der Waals surface area contributed by atoms with Gasteiger partial charge in [-0.15, -0.1) is 0 Å². The Balaban J connectivity index is 1.80. The van der Waals surface area contributed by atoms with Crippen molar-refractivity contribution in [1.82, 2.24) is 9.62 Å². The summed E-state index contributed by atoms with van der Waals surface area (Å²) >= 11 is 5.88. The summed E-state index contributed by atoms with van der Waals surface area (Å²) in [5.41, 5.74) is 1.03. The van der Waals surface area contributed by atoms with Crippen molar-refractivity contribution in [3.63, 3.8) is 0 Å². The molecular formula is C22H27ClN2O3S. The Morgan fingerprint density at radius 3 is 2.41 bits per heavy atom. The molecule has 2 atom stereocenters. The number of amides is 1. The average Bonchev–Trinajstić information content (AvgIpc) is 3.19. The van der Waals surface area contributed by atoms with Crippen molar-refractivity contribution in [2.24, 2.45) is 5.92 Å². The second kappa shape index (κ2) is 9.28. The predicted octanol–water partition coefficient (Wildman–Crippen LogP) is 4.40. The summed E-state index contributed by atoms with van der Waals surface area (Å²) in [6.45, 7) is 4.55. The van der Waals surface area contributed by atoms with E-state index >= 15 is 0 Å². The number of sulfonamides is 1. The van der Waals surface area contributed by atoms with Gasteiger partial charge in [-0.2, -0.15) is 4.31 Å². The molecule has 0 radical (unpaired) electrons. The van der Waals surface area contributed by atoms with Crippen LogP contribution in [0.3, 0.4) is 0 Å². The zero-order chi connectivity index (χ0) is 21.0. The zero-order valence-corrected chi connectivity index (χ0v) is 18.3. The van der Waals surface area contributed by atoms with E-state index in [1.165, 1.54) is 16.4 Å². The number of carbonyl (C=O) groups is 1. The van der Waals surface area contributed by atoms with Crippen LogP contribution in [0.5, 0.6) is 0 Å². The van der Waals surface area contributed by atoms with E-state index in [4.69, 9.17) is 11.6 Å². The van der Waals surface area contributed by atoms with Crippen LogP contribution in [-0.2, 0) is 14.8 Å². The van der Waals surface area contributed by atoms with E-state index in [1.54, 1.807) is 12.1 Å². The molecule has 29 heavy (non-hydrogen) atoms. The molecule has 7 heteroatoms. The molecule has 1 amide bonds. The minimum atomic E-state index is -3.76. The third kappa shape index (κ3) is 5.18. The van der Waals surface area contributed by atoms with E-state index in [-0.39, 0.29) is 16.8 Å². The molecule has 0 bridgehead atoms. The van der Waals surface area contributed by atoms with Gasteiger partial charge in [0.2, 0.25) is 15.9 Å². The molecule has 1 heterocycles. The number of hydrogen-bond donors (Lipinski definition) is 1. The Kier molecular flexibility index (Phi) is 6.98. The van der Waals surface area contributed by atoms with Crippen LogP contribution < -0.4 is 5.32 Å². The quantitative estimate of drug-likeness (QED) is 0.702. The van der Waals surface area contributed by atoms with Crippen LogP contribution in [0.4, 0.5) is 0 Å². The van der Waals surface area contributed by atoms with Gasteiger partial charge in [0.1, 0.15) is 6.04 Å². The molecule has 0 spiro atoms. The van der Waals surface area contributed by atoms with Crippen molar-refractivity contribution in [2.45, 2.75) is 50.1 Å². The first-order valence-electron chi connectivity index (χ1n) is 9.92. The number of nitrogens with zero attached hydrogens (tertiary/aromatic N) is 1. The summed E-state index contributed by atoms with van der Waals surface area (Å²) < 4.78 is 27.5. The van der Waals surface area contributed by atoms with Gasteiger partial charge in [-0.25, -0.2) is 8.42 Å². The fraction of sp³-hybridized carbons (Fsp3) is 0.409. The topological polar surface area (TPSA) is 66.5 Å². The minimum Gasteiger partial charge on any atom is -0.348 e. The highest BCUT2D eigenvalue weighted by atomic mass is 35.5. The molecule has 5 nitrogen and oxygen atoms in total. The monoisotopic (exact) mass is 434 g/mol. The number of carbonyl (C=O) groups excluding carboxylic acids is 1. The number of rotatable bonds is 7. The maximum atomic E-state index is 13.1. The molecule has 2 unspecified atom stereocenters. The highest BCUT2D eigenvalue weighted by Gasteiger charge is 2.40. The number of nitrogens with one attached hydrogen (secondary N) is 1. The maximum absolute atomic E-state index is 13.1. The zero-order valence-electron chi connectivity index (χ0n) is 16.7. The van der Waals surface area contributed by atoms with Crippen molar-refractivity contribution in [3.8, 4) is 0 Å². The fourth-order valence-corrected chi connectivity index (χ4v) is 5.52. The SMILES string of the molecule is CC(C)CC(NC(=O)C1CCCN1S(=O)(=O)c1ccc(Cl)cc1)c1ccccc1. The Bertz CT molecular complexity index is 930. The largest absolute Gasteiger partial charge is 0.348 e. The van der Waals surface area contributed by atoms with Crippen LogP contribution in [-0.4, -0.2) is 31.2 Å². The molecule has 0 saturated carbocycles. The van der Waals surface area contributed by atoms with Gasteiger partial charge in [-0.1, -0.05) is 55.8 Å². The lowest BCUT2D eigenvalue weighted by atomic mass is 9.96. The molecule has 1 aliphatic heterocycles. The van der Waals surface area contributed by atoms with Gasteiger partial charge in [0.25, 0.3) is 0 Å². The molecule has 156 valence electrons. The van der Waals surface area contributed by atoms with E-state index in [0.29, 0.717) is 30.3 Å². The van der Waals surface area contributed by atoms with Gasteiger partial charge >= 0.3 is 0 Å². The third-order valence-electron chi connectivity index (χ3n) is 5.15. The highest BCUT2D eigenvalue weighted by Crippen LogP contribution is 2.28. The van der Waals surface area contributed by atoms with Crippen molar-refractivity contribution >= 4 is 27.5 Å². The summed E-state index contributed by atoms with van der Waals surface area (Å²) in [6, 6.07) is 15.0. The summed E-state index contributed by atoms with van der Waals surface area (Å²) in [6.07, 6.45) is 1.96.